The lowest BCUT2D eigenvalue weighted by atomic mass is 9.79. The minimum absolute atomic E-state index is 0.0699. The van der Waals surface area contributed by atoms with Gasteiger partial charge in [-0.1, -0.05) is 36.4 Å². The monoisotopic (exact) mass is 529 g/mol. The Hall–Kier alpha value is -4.11. The number of carbonyl (C=O) groups is 3. The average Bonchev–Trinajstić information content (AvgIpc) is 3.41. The highest BCUT2D eigenvalue weighted by atomic mass is 19.1. The van der Waals surface area contributed by atoms with Crippen LogP contribution in [0.3, 0.4) is 0 Å². The fourth-order valence-corrected chi connectivity index (χ4v) is 5.57. The highest BCUT2D eigenvalue weighted by molar-refractivity contribution is 6.06. The molecular formula is C30H32FN5O3. The van der Waals surface area contributed by atoms with Gasteiger partial charge in [-0.2, -0.15) is 0 Å². The molecule has 3 N–H and O–H groups in total. The van der Waals surface area contributed by atoms with Gasteiger partial charge >= 0.3 is 0 Å². The van der Waals surface area contributed by atoms with Crippen LogP contribution in [0.1, 0.15) is 41.7 Å². The van der Waals surface area contributed by atoms with E-state index in [9.17, 15) is 18.8 Å². The third kappa shape index (κ3) is 5.14. The molecule has 0 fully saturated rings. The van der Waals surface area contributed by atoms with Crippen molar-refractivity contribution in [2.24, 2.45) is 0 Å². The molecule has 1 spiro atoms. The molecule has 2 heterocycles. The Bertz CT molecular complexity index is 1450. The smallest absolute Gasteiger partial charge is 0.260 e. The molecule has 2 aromatic carbocycles. The minimum Gasteiger partial charge on any atom is -0.326 e. The van der Waals surface area contributed by atoms with Gasteiger partial charge in [-0.15, -0.1) is 0 Å². The minimum atomic E-state index is -2.13. The number of amides is 3. The predicted molar refractivity (Wildman–Crippen MR) is 147 cm³/mol. The fourth-order valence-electron chi connectivity index (χ4n) is 5.57. The number of fused-ring (bicyclic) bond motifs is 3. The Morgan fingerprint density at radius 1 is 1.08 bits per heavy atom. The summed E-state index contributed by atoms with van der Waals surface area (Å²) in [7, 11) is 1.82. The number of nitrogens with one attached hydrogen (secondary N) is 3. The van der Waals surface area contributed by atoms with Crippen molar-refractivity contribution in [2.75, 3.05) is 24.2 Å². The second-order valence-electron chi connectivity index (χ2n) is 10.8. The number of aromatic nitrogens is 1. The topological polar surface area (TPSA) is 103 Å². The number of benzene rings is 2. The Morgan fingerprint density at radius 2 is 1.82 bits per heavy atom. The normalized spacial score (nSPS) is 17.5. The maximum atomic E-state index is 14.7. The van der Waals surface area contributed by atoms with E-state index in [2.05, 4.69) is 20.9 Å². The maximum absolute atomic E-state index is 14.7. The van der Waals surface area contributed by atoms with Crippen molar-refractivity contribution in [2.45, 2.75) is 50.9 Å². The summed E-state index contributed by atoms with van der Waals surface area (Å²) in [6.45, 7) is 2.78. The number of halogens is 1. The quantitative estimate of drug-likeness (QED) is 0.415. The summed E-state index contributed by atoms with van der Waals surface area (Å²) in [5.74, 6) is -0.660. The van der Waals surface area contributed by atoms with Crippen molar-refractivity contribution in [1.29, 1.82) is 0 Å². The molecule has 39 heavy (non-hydrogen) atoms. The van der Waals surface area contributed by atoms with E-state index in [1.165, 1.54) is 18.7 Å². The van der Waals surface area contributed by atoms with Crippen molar-refractivity contribution in [1.82, 2.24) is 15.2 Å². The van der Waals surface area contributed by atoms with Crippen LogP contribution in [0.2, 0.25) is 0 Å². The first kappa shape index (κ1) is 26.5. The van der Waals surface area contributed by atoms with E-state index in [-0.39, 0.29) is 19.0 Å². The van der Waals surface area contributed by atoms with Gasteiger partial charge in [0.25, 0.3) is 5.91 Å². The maximum Gasteiger partial charge on any atom is 0.260 e. The molecule has 3 aromatic rings. The van der Waals surface area contributed by atoms with E-state index in [0.717, 1.165) is 27.8 Å². The van der Waals surface area contributed by atoms with Crippen LogP contribution in [-0.4, -0.2) is 46.9 Å². The molecule has 3 amide bonds. The second kappa shape index (κ2) is 10.2. The van der Waals surface area contributed by atoms with Crippen molar-refractivity contribution >= 4 is 29.2 Å². The number of carbonyl (C=O) groups excluding carboxylic acids is 3. The van der Waals surface area contributed by atoms with Crippen LogP contribution in [0, 0.1) is 0 Å². The third-order valence-corrected chi connectivity index (χ3v) is 7.44. The zero-order valence-corrected chi connectivity index (χ0v) is 22.3. The van der Waals surface area contributed by atoms with E-state index in [0.29, 0.717) is 30.9 Å². The fraction of sp³-hybridized carbons (Fsp3) is 0.333. The molecule has 1 atom stereocenters. The zero-order valence-electron chi connectivity index (χ0n) is 22.3. The first-order chi connectivity index (χ1) is 18.6. The Labute approximate surface area is 227 Å². The van der Waals surface area contributed by atoms with Gasteiger partial charge in [0, 0.05) is 30.5 Å². The van der Waals surface area contributed by atoms with Crippen LogP contribution in [0.25, 0.3) is 0 Å². The summed E-state index contributed by atoms with van der Waals surface area (Å²) < 4.78 is 14.7. The van der Waals surface area contributed by atoms with Crippen molar-refractivity contribution in [3.8, 4) is 0 Å². The van der Waals surface area contributed by atoms with Crippen LogP contribution in [0.15, 0.2) is 60.8 Å². The predicted octanol–water partition coefficient (Wildman–Crippen LogP) is 3.51. The molecule has 5 rings (SSSR count). The van der Waals surface area contributed by atoms with Gasteiger partial charge in [-0.05, 0) is 74.2 Å². The summed E-state index contributed by atoms with van der Waals surface area (Å²) in [6.07, 6.45) is 2.71. The Kier molecular flexibility index (Phi) is 6.94. The molecule has 0 bridgehead atoms. The van der Waals surface area contributed by atoms with E-state index in [1.807, 2.05) is 55.6 Å². The molecule has 8 nitrogen and oxygen atoms in total. The van der Waals surface area contributed by atoms with Gasteiger partial charge in [0.2, 0.25) is 11.8 Å². The number of nitrogens with zero attached hydrogens (tertiary/aromatic N) is 2. The summed E-state index contributed by atoms with van der Waals surface area (Å²) in [6, 6.07) is 16.9. The summed E-state index contributed by atoms with van der Waals surface area (Å²) in [5, 5.41) is 8.85. The van der Waals surface area contributed by atoms with Gasteiger partial charge in [-0.25, -0.2) is 9.37 Å². The molecule has 1 aromatic heterocycles. The first-order valence-corrected chi connectivity index (χ1v) is 13.0. The third-order valence-electron chi connectivity index (χ3n) is 7.44. The molecule has 0 unspecified atom stereocenters. The lowest BCUT2D eigenvalue weighted by Gasteiger charge is -2.28. The van der Waals surface area contributed by atoms with Crippen molar-refractivity contribution in [3.05, 3.63) is 88.6 Å². The highest BCUT2D eigenvalue weighted by Crippen LogP contribution is 2.46. The van der Waals surface area contributed by atoms with Gasteiger partial charge in [0.05, 0.1) is 5.41 Å². The number of hydrogen-bond acceptors (Lipinski definition) is 5. The molecular weight excluding hydrogens is 497 g/mol. The van der Waals surface area contributed by atoms with Crippen LogP contribution in [-0.2, 0) is 45.7 Å². The van der Waals surface area contributed by atoms with Gasteiger partial charge < -0.3 is 20.9 Å². The Morgan fingerprint density at radius 3 is 2.56 bits per heavy atom. The standard InChI is InChI=1S/C30H32FN5O3/c1-29(2,31)28(39)36(17-21-8-5-4-7-20(21)16-32-3)18-25(37)34-23-11-10-19-14-30(15-22(19)13-23)24-9-6-12-33-26(24)35-27(30)38/h4-13,32H,14-18H2,1-3H3,(H,34,37)(H,33,35,38)/t30-/m1/s1. The van der Waals surface area contributed by atoms with Crippen molar-refractivity contribution in [3.63, 3.8) is 0 Å². The van der Waals surface area contributed by atoms with E-state index < -0.39 is 22.9 Å². The molecule has 0 radical (unpaired) electrons. The molecule has 1 aliphatic heterocycles. The van der Waals surface area contributed by atoms with Crippen molar-refractivity contribution < 1.29 is 18.8 Å². The highest BCUT2D eigenvalue weighted by Gasteiger charge is 2.51. The second-order valence-corrected chi connectivity index (χ2v) is 10.8. The molecule has 2 aliphatic rings. The van der Waals surface area contributed by atoms with Crippen LogP contribution in [0.5, 0.6) is 0 Å². The number of alkyl halides is 1. The average molecular weight is 530 g/mol. The van der Waals surface area contributed by atoms with Gasteiger partial charge in [0.15, 0.2) is 5.67 Å². The van der Waals surface area contributed by atoms with E-state index in [1.54, 1.807) is 12.3 Å². The number of hydrogen-bond donors (Lipinski definition) is 3. The summed E-state index contributed by atoms with van der Waals surface area (Å²) in [5.41, 5.74) is 2.43. The van der Waals surface area contributed by atoms with Crippen LogP contribution >= 0.6 is 0 Å². The first-order valence-electron chi connectivity index (χ1n) is 13.0. The molecule has 1 aliphatic carbocycles. The molecule has 202 valence electrons. The molecule has 0 saturated heterocycles. The van der Waals surface area contributed by atoms with Crippen LogP contribution in [0.4, 0.5) is 15.9 Å². The molecule has 9 heteroatoms. The summed E-state index contributed by atoms with van der Waals surface area (Å²) in [4.78, 5) is 44.6. The molecule has 0 saturated carbocycles. The van der Waals surface area contributed by atoms with Gasteiger partial charge in [-0.3, -0.25) is 14.4 Å². The van der Waals surface area contributed by atoms with E-state index >= 15 is 0 Å². The van der Waals surface area contributed by atoms with E-state index in [4.69, 9.17) is 0 Å². The summed E-state index contributed by atoms with van der Waals surface area (Å²) >= 11 is 0. The number of rotatable bonds is 8. The Balaban J connectivity index is 1.32. The lowest BCUT2D eigenvalue weighted by molar-refractivity contribution is -0.144. The van der Waals surface area contributed by atoms with Gasteiger partial charge in [0.1, 0.15) is 12.4 Å². The number of pyridine rings is 1. The SMILES string of the molecule is CNCc1ccccc1CN(CC(=O)Nc1ccc2c(c1)C[C@@]1(C2)C(=O)Nc2ncccc21)C(=O)C(C)(C)F. The zero-order chi connectivity index (χ0) is 27.8. The number of anilines is 2. The lowest BCUT2D eigenvalue weighted by Crippen LogP contribution is -2.45. The van der Waals surface area contributed by atoms with Crippen LogP contribution < -0.4 is 16.0 Å². The largest absolute Gasteiger partial charge is 0.326 e.